The van der Waals surface area contributed by atoms with Gasteiger partial charge in [0.25, 0.3) is 0 Å². The molecule has 2 rings (SSSR count). The van der Waals surface area contributed by atoms with Crippen molar-refractivity contribution in [2.24, 2.45) is 17.3 Å². The lowest BCUT2D eigenvalue weighted by molar-refractivity contribution is 0.0526. The Labute approximate surface area is 111 Å². The molecule has 0 spiro atoms. The molecule has 0 unspecified atom stereocenters. The number of hydrogen-bond acceptors (Lipinski definition) is 4. The molecule has 0 aliphatic heterocycles. The van der Waals surface area contributed by atoms with E-state index in [2.05, 4.69) is 10.2 Å². The van der Waals surface area contributed by atoms with Crippen molar-refractivity contribution in [1.82, 2.24) is 4.57 Å². The van der Waals surface area contributed by atoms with Gasteiger partial charge in [0.15, 0.2) is 5.82 Å². The first-order valence-electron chi connectivity index (χ1n) is 6.01. The van der Waals surface area contributed by atoms with Crippen LogP contribution in [0.1, 0.15) is 17.3 Å². The molecular formula is C14H15N3O2. The topological polar surface area (TPSA) is 55.9 Å². The highest BCUT2D eigenvalue weighted by molar-refractivity contribution is 5.90. The summed E-state index contributed by atoms with van der Waals surface area (Å²) in [6.45, 7) is 2.13. The Bertz CT molecular complexity index is 602. The van der Waals surface area contributed by atoms with Gasteiger partial charge in [0.1, 0.15) is 0 Å². The molecule has 0 saturated carbocycles. The largest absolute Gasteiger partial charge is 0.462 e. The van der Waals surface area contributed by atoms with Gasteiger partial charge in [-0.05, 0) is 37.3 Å². The van der Waals surface area contributed by atoms with Crippen LogP contribution in [0.15, 0.2) is 52.8 Å². The number of carbonyl (C=O) groups excluding carboxylic acids is 1. The Hall–Kier alpha value is -2.43. The van der Waals surface area contributed by atoms with E-state index in [1.54, 1.807) is 31.2 Å². The minimum absolute atomic E-state index is 0.349. The van der Waals surface area contributed by atoms with Crippen LogP contribution in [-0.2, 0) is 11.8 Å². The quantitative estimate of drug-likeness (QED) is 0.620. The molecule has 0 N–H and O–H groups in total. The number of carbonyl (C=O) groups is 1. The molecule has 0 aliphatic rings. The number of esters is 1. The number of rotatable bonds is 4. The number of azo groups is 1. The molecule has 0 radical (unpaired) electrons. The van der Waals surface area contributed by atoms with Crippen molar-refractivity contribution < 1.29 is 9.53 Å². The molecule has 0 atom stereocenters. The smallest absolute Gasteiger partial charge is 0.338 e. The predicted octanol–water partition coefficient (Wildman–Crippen LogP) is 3.62. The molecule has 0 fully saturated rings. The van der Waals surface area contributed by atoms with Crippen LogP contribution in [0.5, 0.6) is 0 Å². The van der Waals surface area contributed by atoms with Crippen LogP contribution in [0, 0.1) is 0 Å². The Morgan fingerprint density at radius 2 is 2.11 bits per heavy atom. The predicted molar refractivity (Wildman–Crippen MR) is 72.0 cm³/mol. The lowest BCUT2D eigenvalue weighted by atomic mass is 10.2. The normalized spacial score (nSPS) is 10.8. The number of benzene rings is 1. The third kappa shape index (κ3) is 3.28. The second kappa shape index (κ2) is 5.95. The first kappa shape index (κ1) is 13.0. The molecule has 5 nitrogen and oxygen atoms in total. The summed E-state index contributed by atoms with van der Waals surface area (Å²) >= 11 is 0. The summed E-state index contributed by atoms with van der Waals surface area (Å²) in [5.41, 5.74) is 1.09. The van der Waals surface area contributed by atoms with E-state index in [1.807, 2.05) is 29.9 Å². The molecule has 0 saturated heterocycles. The van der Waals surface area contributed by atoms with Crippen LogP contribution in [-0.4, -0.2) is 17.1 Å². The molecule has 19 heavy (non-hydrogen) atoms. The summed E-state index contributed by atoms with van der Waals surface area (Å²) in [5, 5.41) is 8.23. The second-order valence-corrected chi connectivity index (χ2v) is 3.95. The van der Waals surface area contributed by atoms with Crippen LogP contribution in [0.4, 0.5) is 11.5 Å². The fourth-order valence-corrected chi connectivity index (χ4v) is 1.57. The summed E-state index contributed by atoms with van der Waals surface area (Å²) in [6, 6.07) is 10.6. The number of aryl methyl sites for hydroxylation is 1. The van der Waals surface area contributed by atoms with Crippen LogP contribution in [0.25, 0.3) is 0 Å². The van der Waals surface area contributed by atoms with Crippen LogP contribution >= 0.6 is 0 Å². The first-order valence-corrected chi connectivity index (χ1v) is 6.01. The van der Waals surface area contributed by atoms with Gasteiger partial charge >= 0.3 is 5.97 Å². The van der Waals surface area contributed by atoms with Gasteiger partial charge in [-0.2, -0.15) is 0 Å². The summed E-state index contributed by atoms with van der Waals surface area (Å²) < 4.78 is 6.80. The zero-order valence-corrected chi connectivity index (χ0v) is 10.9. The maximum atomic E-state index is 11.6. The Balaban J connectivity index is 2.18. The molecule has 5 heteroatoms. The van der Waals surface area contributed by atoms with Gasteiger partial charge < -0.3 is 9.30 Å². The zero-order valence-electron chi connectivity index (χ0n) is 10.9. The molecule has 0 amide bonds. The number of hydrogen-bond donors (Lipinski definition) is 0. The van der Waals surface area contributed by atoms with E-state index in [-0.39, 0.29) is 5.97 Å². The van der Waals surface area contributed by atoms with E-state index in [4.69, 9.17) is 4.74 Å². The van der Waals surface area contributed by atoms with Crippen molar-refractivity contribution in [1.29, 1.82) is 0 Å². The maximum Gasteiger partial charge on any atom is 0.338 e. The maximum absolute atomic E-state index is 11.6. The van der Waals surface area contributed by atoms with Crippen molar-refractivity contribution >= 4 is 17.5 Å². The highest BCUT2D eigenvalue weighted by atomic mass is 16.5. The number of nitrogens with zero attached hydrogens (tertiary/aromatic N) is 3. The van der Waals surface area contributed by atoms with Gasteiger partial charge in [-0.15, -0.1) is 10.2 Å². The van der Waals surface area contributed by atoms with Crippen LogP contribution in [0.3, 0.4) is 0 Å². The lowest BCUT2D eigenvalue weighted by Crippen LogP contribution is -2.03. The molecule has 2 aromatic rings. The Kier molecular flexibility index (Phi) is 4.07. The Morgan fingerprint density at radius 1 is 1.26 bits per heavy atom. The highest BCUT2D eigenvalue weighted by Crippen LogP contribution is 2.19. The van der Waals surface area contributed by atoms with Crippen molar-refractivity contribution in [2.45, 2.75) is 6.92 Å². The molecular weight excluding hydrogens is 242 g/mol. The monoisotopic (exact) mass is 257 g/mol. The van der Waals surface area contributed by atoms with Crippen LogP contribution in [0.2, 0.25) is 0 Å². The zero-order chi connectivity index (χ0) is 13.7. The molecule has 1 heterocycles. The van der Waals surface area contributed by atoms with Gasteiger partial charge in [-0.1, -0.05) is 6.07 Å². The van der Waals surface area contributed by atoms with Gasteiger partial charge in [0.2, 0.25) is 0 Å². The average Bonchev–Trinajstić information content (AvgIpc) is 2.82. The molecule has 98 valence electrons. The molecule has 0 bridgehead atoms. The summed E-state index contributed by atoms with van der Waals surface area (Å²) in [6.07, 6.45) is 1.89. The average molecular weight is 257 g/mol. The van der Waals surface area contributed by atoms with E-state index in [0.717, 1.165) is 5.82 Å². The van der Waals surface area contributed by atoms with Crippen molar-refractivity contribution in [3.63, 3.8) is 0 Å². The molecule has 0 aliphatic carbocycles. The van der Waals surface area contributed by atoms with Crippen molar-refractivity contribution in [3.05, 3.63) is 48.2 Å². The fourth-order valence-electron chi connectivity index (χ4n) is 1.57. The van der Waals surface area contributed by atoms with E-state index < -0.39 is 0 Å². The van der Waals surface area contributed by atoms with E-state index in [9.17, 15) is 4.79 Å². The molecule has 1 aromatic carbocycles. The summed E-state index contributed by atoms with van der Waals surface area (Å²) in [4.78, 5) is 11.6. The Morgan fingerprint density at radius 3 is 2.79 bits per heavy atom. The third-order valence-electron chi connectivity index (χ3n) is 2.54. The van der Waals surface area contributed by atoms with E-state index >= 15 is 0 Å². The minimum Gasteiger partial charge on any atom is -0.462 e. The number of aromatic nitrogens is 1. The summed E-state index contributed by atoms with van der Waals surface area (Å²) in [7, 11) is 1.89. The minimum atomic E-state index is -0.349. The fraction of sp³-hybridized carbons (Fsp3) is 0.214. The summed E-state index contributed by atoms with van der Waals surface area (Å²) in [5.74, 6) is 0.403. The standard InChI is InChI=1S/C14H15N3O2/c1-3-19-14(18)11-6-4-7-12(10-11)15-16-13-8-5-9-17(13)2/h4-10H,3H2,1-2H3. The van der Waals surface area contributed by atoms with Gasteiger partial charge in [0, 0.05) is 13.2 Å². The van der Waals surface area contributed by atoms with Gasteiger partial charge in [-0.3, -0.25) is 0 Å². The first-order chi connectivity index (χ1) is 9.20. The third-order valence-corrected chi connectivity index (χ3v) is 2.54. The lowest BCUT2D eigenvalue weighted by Gasteiger charge is -2.01. The highest BCUT2D eigenvalue weighted by Gasteiger charge is 2.06. The van der Waals surface area contributed by atoms with Crippen molar-refractivity contribution in [3.8, 4) is 0 Å². The van der Waals surface area contributed by atoms with E-state index in [1.165, 1.54) is 0 Å². The second-order valence-electron chi connectivity index (χ2n) is 3.95. The van der Waals surface area contributed by atoms with E-state index in [0.29, 0.717) is 17.9 Å². The SMILES string of the molecule is CCOC(=O)c1cccc(N=Nc2cccn2C)c1. The van der Waals surface area contributed by atoms with Crippen molar-refractivity contribution in [2.75, 3.05) is 6.61 Å². The van der Waals surface area contributed by atoms with Crippen LogP contribution < -0.4 is 0 Å². The molecule has 1 aromatic heterocycles. The van der Waals surface area contributed by atoms with Gasteiger partial charge in [-0.25, -0.2) is 4.79 Å². The van der Waals surface area contributed by atoms with Gasteiger partial charge in [0.05, 0.1) is 17.9 Å². The number of ether oxygens (including phenoxy) is 1.